The van der Waals surface area contributed by atoms with Crippen LogP contribution in [-0.2, 0) is 24.6 Å². The predicted molar refractivity (Wildman–Crippen MR) is 93.1 cm³/mol. The Bertz CT molecular complexity index is 912. The van der Waals surface area contributed by atoms with Crippen LogP contribution in [0.2, 0.25) is 0 Å². The number of hydrogen-bond donors (Lipinski definition) is 0. The Kier molecular flexibility index (Phi) is 4.01. The first-order valence-electron chi connectivity index (χ1n) is 8.36. The zero-order chi connectivity index (χ0) is 17.4. The van der Waals surface area contributed by atoms with Crippen LogP contribution in [0.25, 0.3) is 16.9 Å². The molecular weight excluding hydrogens is 318 g/mol. The van der Waals surface area contributed by atoms with Gasteiger partial charge in [0.1, 0.15) is 0 Å². The molecule has 130 valence electrons. The zero-order valence-electron chi connectivity index (χ0n) is 14.7. The molecule has 0 aliphatic carbocycles. The van der Waals surface area contributed by atoms with Gasteiger partial charge in [-0.15, -0.1) is 0 Å². The molecule has 0 spiro atoms. The molecule has 0 bridgehead atoms. The second-order valence-electron chi connectivity index (χ2n) is 6.22. The number of aromatic nitrogens is 5. The number of rotatable bonds is 3. The molecule has 4 heterocycles. The van der Waals surface area contributed by atoms with Crippen LogP contribution < -0.4 is 4.74 Å². The van der Waals surface area contributed by atoms with Gasteiger partial charge in [-0.2, -0.15) is 10.2 Å². The fourth-order valence-electron chi connectivity index (χ4n) is 3.32. The standard InChI is InChI=1S/C18H21N5O2/c1-12-8-14(10-19-18(12)24-3)23-16-5-7-25-6-4-15(16)17(21-23)13-9-20-22(2)11-13/h8-11H,4-7H2,1-3H3. The average molecular weight is 339 g/mol. The number of fused-ring (bicyclic) bond motifs is 1. The van der Waals surface area contributed by atoms with E-state index in [1.165, 1.54) is 11.3 Å². The lowest BCUT2D eigenvalue weighted by molar-refractivity contribution is 0.145. The molecule has 1 aliphatic heterocycles. The Hall–Kier alpha value is -2.67. The third kappa shape index (κ3) is 2.80. The summed E-state index contributed by atoms with van der Waals surface area (Å²) in [4.78, 5) is 4.40. The summed E-state index contributed by atoms with van der Waals surface area (Å²) in [7, 11) is 3.55. The summed E-state index contributed by atoms with van der Waals surface area (Å²) in [6.07, 6.45) is 7.33. The average Bonchev–Trinajstić information content (AvgIpc) is 3.10. The van der Waals surface area contributed by atoms with Gasteiger partial charge in [0.05, 0.1) is 49.8 Å². The monoisotopic (exact) mass is 339 g/mol. The van der Waals surface area contributed by atoms with Crippen LogP contribution in [0.4, 0.5) is 0 Å². The molecular formula is C18H21N5O2. The lowest BCUT2D eigenvalue weighted by atomic mass is 10.1. The summed E-state index contributed by atoms with van der Waals surface area (Å²) < 4.78 is 14.7. The van der Waals surface area contributed by atoms with Crippen LogP contribution in [0.1, 0.15) is 16.8 Å². The largest absolute Gasteiger partial charge is 0.481 e. The highest BCUT2D eigenvalue weighted by molar-refractivity contribution is 5.64. The van der Waals surface area contributed by atoms with E-state index in [2.05, 4.69) is 16.1 Å². The van der Waals surface area contributed by atoms with E-state index in [4.69, 9.17) is 14.6 Å². The van der Waals surface area contributed by atoms with Gasteiger partial charge >= 0.3 is 0 Å². The first-order chi connectivity index (χ1) is 12.2. The van der Waals surface area contributed by atoms with Gasteiger partial charge in [-0.05, 0) is 19.4 Å². The molecule has 0 fully saturated rings. The lowest BCUT2D eigenvalue weighted by Gasteiger charge is -2.09. The van der Waals surface area contributed by atoms with Crippen molar-refractivity contribution in [2.24, 2.45) is 7.05 Å². The van der Waals surface area contributed by atoms with Gasteiger partial charge < -0.3 is 9.47 Å². The molecule has 0 saturated heterocycles. The van der Waals surface area contributed by atoms with Crippen LogP contribution in [0.3, 0.4) is 0 Å². The summed E-state index contributed by atoms with van der Waals surface area (Å²) in [5.74, 6) is 0.637. The Labute approximate surface area is 146 Å². The minimum atomic E-state index is 0.637. The Morgan fingerprint density at radius 3 is 2.76 bits per heavy atom. The van der Waals surface area contributed by atoms with Gasteiger partial charge in [0.15, 0.2) is 0 Å². The van der Waals surface area contributed by atoms with Gasteiger partial charge in [-0.25, -0.2) is 9.67 Å². The highest BCUT2D eigenvalue weighted by Gasteiger charge is 2.23. The van der Waals surface area contributed by atoms with Crippen molar-refractivity contribution in [1.29, 1.82) is 0 Å². The third-order valence-corrected chi connectivity index (χ3v) is 4.50. The first-order valence-corrected chi connectivity index (χ1v) is 8.36. The number of nitrogens with zero attached hydrogens (tertiary/aromatic N) is 5. The van der Waals surface area contributed by atoms with E-state index in [-0.39, 0.29) is 0 Å². The summed E-state index contributed by atoms with van der Waals surface area (Å²) >= 11 is 0. The molecule has 3 aromatic rings. The van der Waals surface area contributed by atoms with E-state index in [1.54, 1.807) is 18.0 Å². The van der Waals surface area contributed by atoms with Crippen LogP contribution in [0, 0.1) is 6.92 Å². The molecule has 7 nitrogen and oxygen atoms in total. The number of methoxy groups -OCH3 is 1. The zero-order valence-corrected chi connectivity index (χ0v) is 14.7. The van der Waals surface area contributed by atoms with Gasteiger partial charge in [-0.3, -0.25) is 4.68 Å². The van der Waals surface area contributed by atoms with E-state index in [1.807, 2.05) is 31.0 Å². The fourth-order valence-corrected chi connectivity index (χ4v) is 3.32. The van der Waals surface area contributed by atoms with Gasteiger partial charge in [0.2, 0.25) is 5.88 Å². The van der Waals surface area contributed by atoms with E-state index < -0.39 is 0 Å². The molecule has 0 saturated carbocycles. The molecule has 0 aromatic carbocycles. The summed E-state index contributed by atoms with van der Waals surface area (Å²) in [6, 6.07) is 2.05. The molecule has 7 heteroatoms. The second-order valence-corrected chi connectivity index (χ2v) is 6.22. The minimum absolute atomic E-state index is 0.637. The van der Waals surface area contributed by atoms with Crippen molar-refractivity contribution < 1.29 is 9.47 Å². The molecule has 25 heavy (non-hydrogen) atoms. The van der Waals surface area contributed by atoms with Crippen molar-refractivity contribution in [3.05, 3.63) is 41.5 Å². The van der Waals surface area contributed by atoms with Crippen LogP contribution in [0.5, 0.6) is 5.88 Å². The van der Waals surface area contributed by atoms with Gasteiger partial charge in [0.25, 0.3) is 0 Å². The summed E-state index contributed by atoms with van der Waals surface area (Å²) in [5, 5.41) is 9.20. The van der Waals surface area contributed by atoms with Gasteiger partial charge in [-0.1, -0.05) is 0 Å². The van der Waals surface area contributed by atoms with E-state index in [9.17, 15) is 0 Å². The first kappa shape index (κ1) is 15.8. The van der Waals surface area contributed by atoms with Crippen molar-refractivity contribution >= 4 is 0 Å². The highest BCUT2D eigenvalue weighted by atomic mass is 16.5. The quantitative estimate of drug-likeness (QED) is 0.731. The second kappa shape index (κ2) is 6.33. The topological polar surface area (TPSA) is 67.0 Å². The summed E-state index contributed by atoms with van der Waals surface area (Å²) in [5.41, 5.74) is 6.34. The molecule has 1 aliphatic rings. The maximum absolute atomic E-state index is 5.68. The van der Waals surface area contributed by atoms with Crippen LogP contribution in [-0.4, -0.2) is 44.9 Å². The third-order valence-electron chi connectivity index (χ3n) is 4.50. The normalized spacial score (nSPS) is 14.2. The number of hydrogen-bond acceptors (Lipinski definition) is 5. The molecule has 0 atom stereocenters. The van der Waals surface area contributed by atoms with Crippen molar-refractivity contribution in [3.8, 4) is 22.8 Å². The van der Waals surface area contributed by atoms with Crippen LogP contribution in [0.15, 0.2) is 24.7 Å². The predicted octanol–water partition coefficient (Wildman–Crippen LogP) is 2.10. The molecule has 3 aromatic heterocycles. The summed E-state index contributed by atoms with van der Waals surface area (Å²) in [6.45, 7) is 3.40. The van der Waals surface area contributed by atoms with E-state index >= 15 is 0 Å². The van der Waals surface area contributed by atoms with Crippen molar-refractivity contribution in [2.75, 3.05) is 20.3 Å². The van der Waals surface area contributed by atoms with Crippen molar-refractivity contribution in [2.45, 2.75) is 19.8 Å². The smallest absolute Gasteiger partial charge is 0.216 e. The molecule has 0 amide bonds. The molecule has 0 N–H and O–H groups in total. The lowest BCUT2D eigenvalue weighted by Crippen LogP contribution is -2.06. The Morgan fingerprint density at radius 2 is 2.04 bits per heavy atom. The molecule has 0 unspecified atom stereocenters. The molecule has 0 radical (unpaired) electrons. The maximum Gasteiger partial charge on any atom is 0.216 e. The highest BCUT2D eigenvalue weighted by Crippen LogP contribution is 2.30. The maximum atomic E-state index is 5.68. The van der Waals surface area contributed by atoms with Gasteiger partial charge in [0, 0.05) is 36.4 Å². The fraction of sp³-hybridized carbons (Fsp3) is 0.389. The Balaban J connectivity index is 1.88. The number of ether oxygens (including phenoxy) is 2. The number of aryl methyl sites for hydroxylation is 2. The van der Waals surface area contributed by atoms with Crippen molar-refractivity contribution in [1.82, 2.24) is 24.5 Å². The van der Waals surface area contributed by atoms with Crippen LogP contribution >= 0.6 is 0 Å². The van der Waals surface area contributed by atoms with Crippen molar-refractivity contribution in [3.63, 3.8) is 0 Å². The minimum Gasteiger partial charge on any atom is -0.481 e. The Morgan fingerprint density at radius 1 is 1.20 bits per heavy atom. The number of pyridine rings is 1. The SMILES string of the molecule is COc1ncc(-n2nc(-c3cnn(C)c3)c3c2CCOCC3)cc1C. The van der Waals surface area contributed by atoms with E-state index in [0.29, 0.717) is 19.1 Å². The molecule has 4 rings (SSSR count). The van der Waals surface area contributed by atoms with E-state index in [0.717, 1.165) is 35.3 Å².